The summed E-state index contributed by atoms with van der Waals surface area (Å²) in [5.41, 5.74) is 1.36. The van der Waals surface area contributed by atoms with Gasteiger partial charge in [-0.1, -0.05) is 19.1 Å². The van der Waals surface area contributed by atoms with E-state index in [9.17, 15) is 19.7 Å². The molecule has 0 radical (unpaired) electrons. The van der Waals surface area contributed by atoms with Crippen molar-refractivity contribution in [3.8, 4) is 0 Å². The first-order chi connectivity index (χ1) is 14.9. The van der Waals surface area contributed by atoms with Crippen LogP contribution in [0.25, 0.3) is 0 Å². The number of nitro benzene ring substituents is 1. The van der Waals surface area contributed by atoms with Gasteiger partial charge in [-0.15, -0.1) is 0 Å². The quantitative estimate of drug-likeness (QED) is 0.417. The Kier molecular flexibility index (Phi) is 7.14. The van der Waals surface area contributed by atoms with E-state index in [0.29, 0.717) is 25.2 Å². The van der Waals surface area contributed by atoms with E-state index in [-0.39, 0.29) is 22.3 Å². The van der Waals surface area contributed by atoms with Crippen molar-refractivity contribution in [3.63, 3.8) is 0 Å². The van der Waals surface area contributed by atoms with Crippen molar-refractivity contribution in [2.45, 2.75) is 13.3 Å². The lowest BCUT2D eigenvalue weighted by Crippen LogP contribution is -2.48. The molecule has 9 nitrogen and oxygen atoms in total. The highest BCUT2D eigenvalue weighted by molar-refractivity contribution is 7.80. The van der Waals surface area contributed by atoms with E-state index < -0.39 is 10.8 Å². The standard InChI is InChI=1S/C21H23N5O4S/c1-2-19(27)25-13-11-24(12-14-25)16-9-7-15(8-10-16)22-21(31)23-20(28)17-5-3-4-6-18(17)26(29)30/h3-10H,2,11-14H2,1H3,(H2,22,23,28,31). The molecule has 0 atom stereocenters. The Hall–Kier alpha value is -3.53. The predicted molar refractivity (Wildman–Crippen MR) is 122 cm³/mol. The minimum Gasteiger partial charge on any atom is -0.368 e. The van der Waals surface area contributed by atoms with E-state index in [0.717, 1.165) is 18.8 Å². The molecule has 2 N–H and O–H groups in total. The fourth-order valence-corrected chi connectivity index (χ4v) is 3.56. The number of nitro groups is 1. The molecule has 162 valence electrons. The first-order valence-corrected chi connectivity index (χ1v) is 10.3. The average molecular weight is 442 g/mol. The number of amides is 2. The van der Waals surface area contributed by atoms with Crippen LogP contribution in [0.15, 0.2) is 48.5 Å². The first-order valence-electron chi connectivity index (χ1n) is 9.87. The highest BCUT2D eigenvalue weighted by Crippen LogP contribution is 2.20. The first kappa shape index (κ1) is 22.2. The zero-order valence-corrected chi connectivity index (χ0v) is 17.9. The fourth-order valence-electron chi connectivity index (χ4n) is 3.35. The fraction of sp³-hybridized carbons (Fsp3) is 0.286. The van der Waals surface area contributed by atoms with Gasteiger partial charge in [0, 0.05) is 50.0 Å². The van der Waals surface area contributed by atoms with E-state index in [4.69, 9.17) is 12.2 Å². The van der Waals surface area contributed by atoms with Gasteiger partial charge in [-0.3, -0.25) is 25.0 Å². The number of benzene rings is 2. The summed E-state index contributed by atoms with van der Waals surface area (Å²) in [6.45, 7) is 4.81. The third-order valence-corrected chi connectivity index (χ3v) is 5.20. The topological polar surface area (TPSA) is 108 Å². The largest absolute Gasteiger partial charge is 0.368 e. The number of para-hydroxylation sites is 1. The maximum atomic E-state index is 12.3. The summed E-state index contributed by atoms with van der Waals surface area (Å²) in [4.78, 5) is 38.7. The predicted octanol–water partition coefficient (Wildman–Crippen LogP) is 2.78. The normalized spacial score (nSPS) is 13.5. The minimum atomic E-state index is -0.652. The molecule has 31 heavy (non-hydrogen) atoms. The summed E-state index contributed by atoms with van der Waals surface area (Å²) in [5.74, 6) is -0.475. The van der Waals surface area contributed by atoms with Crippen LogP contribution in [0.5, 0.6) is 0 Å². The maximum absolute atomic E-state index is 12.3. The van der Waals surface area contributed by atoms with Crippen LogP contribution in [0.2, 0.25) is 0 Å². The third-order valence-electron chi connectivity index (χ3n) is 5.00. The van der Waals surface area contributed by atoms with Crippen LogP contribution >= 0.6 is 12.2 Å². The van der Waals surface area contributed by atoms with Gasteiger partial charge in [0.15, 0.2) is 5.11 Å². The number of rotatable bonds is 5. The minimum absolute atomic E-state index is 0.0441. The number of thiocarbonyl (C=S) groups is 1. The Labute approximate surface area is 185 Å². The molecule has 1 heterocycles. The van der Waals surface area contributed by atoms with Gasteiger partial charge < -0.3 is 15.1 Å². The van der Waals surface area contributed by atoms with Gasteiger partial charge in [-0.25, -0.2) is 0 Å². The number of anilines is 2. The lowest BCUT2D eigenvalue weighted by molar-refractivity contribution is -0.385. The van der Waals surface area contributed by atoms with Gasteiger partial charge in [0.05, 0.1) is 4.92 Å². The average Bonchev–Trinajstić information content (AvgIpc) is 2.79. The van der Waals surface area contributed by atoms with Crippen LogP contribution in [0.1, 0.15) is 23.7 Å². The molecule has 3 rings (SSSR count). The van der Waals surface area contributed by atoms with E-state index in [1.807, 2.05) is 36.1 Å². The molecule has 1 aliphatic rings. The second kappa shape index (κ2) is 9.98. The van der Waals surface area contributed by atoms with Crippen LogP contribution in [0.4, 0.5) is 17.1 Å². The summed E-state index contributed by atoms with van der Waals surface area (Å²) in [5, 5.41) is 16.5. The second-order valence-electron chi connectivity index (χ2n) is 6.95. The summed E-state index contributed by atoms with van der Waals surface area (Å²) in [6.07, 6.45) is 0.522. The Morgan fingerprint density at radius 2 is 1.71 bits per heavy atom. The molecule has 0 bridgehead atoms. The molecule has 2 amide bonds. The lowest BCUT2D eigenvalue weighted by Gasteiger charge is -2.36. The van der Waals surface area contributed by atoms with Crippen LogP contribution in [0, 0.1) is 10.1 Å². The van der Waals surface area contributed by atoms with Crippen LogP contribution < -0.4 is 15.5 Å². The van der Waals surface area contributed by atoms with E-state index in [1.165, 1.54) is 18.2 Å². The molecule has 1 fully saturated rings. The van der Waals surface area contributed by atoms with Crippen molar-refractivity contribution in [1.29, 1.82) is 0 Å². The number of hydrogen-bond donors (Lipinski definition) is 2. The number of nitrogens with zero attached hydrogens (tertiary/aromatic N) is 3. The molecule has 2 aromatic carbocycles. The number of carbonyl (C=O) groups is 2. The smallest absolute Gasteiger partial charge is 0.282 e. The Balaban J connectivity index is 1.55. The molecular formula is C21H23N5O4S. The van der Waals surface area contributed by atoms with Gasteiger partial charge in [0.2, 0.25) is 5.91 Å². The van der Waals surface area contributed by atoms with Crippen LogP contribution in [-0.4, -0.2) is 52.9 Å². The second-order valence-corrected chi connectivity index (χ2v) is 7.36. The van der Waals surface area contributed by atoms with Crippen molar-refractivity contribution in [1.82, 2.24) is 10.2 Å². The van der Waals surface area contributed by atoms with Gasteiger partial charge in [0.25, 0.3) is 11.6 Å². The zero-order chi connectivity index (χ0) is 22.4. The molecule has 0 unspecified atom stereocenters. The van der Waals surface area contributed by atoms with Crippen LogP contribution in [-0.2, 0) is 4.79 Å². The molecule has 10 heteroatoms. The molecule has 1 saturated heterocycles. The third kappa shape index (κ3) is 5.54. The molecule has 1 aliphatic heterocycles. The van der Waals surface area contributed by atoms with E-state index >= 15 is 0 Å². The Bertz CT molecular complexity index is 988. The highest BCUT2D eigenvalue weighted by Gasteiger charge is 2.21. The molecule has 2 aromatic rings. The number of piperazine rings is 1. The Morgan fingerprint density at radius 3 is 2.32 bits per heavy atom. The van der Waals surface area contributed by atoms with Crippen molar-refractivity contribution in [2.75, 3.05) is 36.4 Å². The Morgan fingerprint density at radius 1 is 1.06 bits per heavy atom. The lowest BCUT2D eigenvalue weighted by atomic mass is 10.1. The molecule has 0 aliphatic carbocycles. The molecule has 0 aromatic heterocycles. The van der Waals surface area contributed by atoms with Crippen molar-refractivity contribution in [2.24, 2.45) is 0 Å². The number of hydrogen-bond acceptors (Lipinski definition) is 6. The van der Waals surface area contributed by atoms with Gasteiger partial charge in [-0.2, -0.15) is 0 Å². The van der Waals surface area contributed by atoms with Gasteiger partial charge in [-0.05, 0) is 42.5 Å². The summed E-state index contributed by atoms with van der Waals surface area (Å²) >= 11 is 5.17. The summed E-state index contributed by atoms with van der Waals surface area (Å²) in [6, 6.07) is 13.2. The zero-order valence-electron chi connectivity index (χ0n) is 17.0. The molecular weight excluding hydrogens is 418 g/mol. The van der Waals surface area contributed by atoms with E-state index in [2.05, 4.69) is 15.5 Å². The summed E-state index contributed by atoms with van der Waals surface area (Å²) in [7, 11) is 0. The molecule has 0 saturated carbocycles. The van der Waals surface area contributed by atoms with Crippen molar-refractivity contribution < 1.29 is 14.5 Å². The van der Waals surface area contributed by atoms with Crippen molar-refractivity contribution in [3.05, 3.63) is 64.2 Å². The highest BCUT2D eigenvalue weighted by atomic mass is 32.1. The van der Waals surface area contributed by atoms with Gasteiger partial charge >= 0.3 is 0 Å². The van der Waals surface area contributed by atoms with Gasteiger partial charge in [0.1, 0.15) is 5.56 Å². The maximum Gasteiger partial charge on any atom is 0.282 e. The number of carbonyl (C=O) groups excluding carboxylic acids is 2. The molecule has 0 spiro atoms. The van der Waals surface area contributed by atoms with Crippen LogP contribution in [0.3, 0.4) is 0 Å². The monoisotopic (exact) mass is 441 g/mol. The van der Waals surface area contributed by atoms with E-state index in [1.54, 1.807) is 6.07 Å². The summed E-state index contributed by atoms with van der Waals surface area (Å²) < 4.78 is 0. The van der Waals surface area contributed by atoms with Crippen molar-refractivity contribution >= 4 is 46.2 Å². The SMILES string of the molecule is CCC(=O)N1CCN(c2ccc(NC(=S)NC(=O)c3ccccc3[N+](=O)[O-])cc2)CC1. The number of nitrogens with one attached hydrogen (secondary N) is 2.